The number of nitrogens with one attached hydrogen (secondary N) is 2. The van der Waals surface area contributed by atoms with E-state index in [0.29, 0.717) is 12.0 Å². The lowest BCUT2D eigenvalue weighted by atomic mass is 10.1. The number of aromatic amines is 1. The van der Waals surface area contributed by atoms with E-state index in [0.717, 1.165) is 25.2 Å². The molecule has 15 heavy (non-hydrogen) atoms. The van der Waals surface area contributed by atoms with Gasteiger partial charge in [0.05, 0.1) is 0 Å². The molecular formula is C10H17N3OS. The molecule has 1 aliphatic rings. The zero-order valence-electron chi connectivity index (χ0n) is 8.66. The second kappa shape index (κ2) is 4.92. The third kappa shape index (κ3) is 2.90. The summed E-state index contributed by atoms with van der Waals surface area (Å²) in [6.45, 7) is 1.70. The molecule has 84 valence electrons. The minimum atomic E-state index is 0.0179. The molecular weight excluding hydrogens is 210 g/mol. The Balaban J connectivity index is 1.73. The van der Waals surface area contributed by atoms with E-state index in [1.165, 1.54) is 24.2 Å². The smallest absolute Gasteiger partial charge is 0.304 e. The Morgan fingerprint density at radius 3 is 3.07 bits per heavy atom. The second-order valence-corrected chi connectivity index (χ2v) is 5.00. The lowest BCUT2D eigenvalue weighted by Crippen LogP contribution is -2.32. The number of thiazole rings is 1. The summed E-state index contributed by atoms with van der Waals surface area (Å²) in [5.74, 6) is 0.607. The molecule has 0 amide bonds. The highest BCUT2D eigenvalue weighted by molar-refractivity contribution is 7.07. The van der Waals surface area contributed by atoms with Crippen LogP contribution in [0.15, 0.2) is 10.2 Å². The molecule has 1 heterocycles. The molecule has 1 fully saturated rings. The Bertz CT molecular complexity index is 360. The van der Waals surface area contributed by atoms with E-state index in [9.17, 15) is 4.79 Å². The molecule has 1 aromatic heterocycles. The fourth-order valence-corrected chi connectivity index (χ4v) is 2.69. The first kappa shape index (κ1) is 10.9. The van der Waals surface area contributed by atoms with Crippen LogP contribution in [0.2, 0.25) is 0 Å². The SMILES string of the molecule is NC1CCCC1CNCc1csc(=O)[nH]1. The minimum absolute atomic E-state index is 0.0179. The van der Waals surface area contributed by atoms with E-state index in [-0.39, 0.29) is 4.87 Å². The Morgan fingerprint density at radius 2 is 2.47 bits per heavy atom. The highest BCUT2D eigenvalue weighted by Gasteiger charge is 2.22. The van der Waals surface area contributed by atoms with Crippen LogP contribution in [-0.4, -0.2) is 17.6 Å². The monoisotopic (exact) mass is 227 g/mol. The van der Waals surface area contributed by atoms with Crippen LogP contribution in [0, 0.1) is 5.92 Å². The van der Waals surface area contributed by atoms with Gasteiger partial charge in [-0.15, -0.1) is 0 Å². The number of nitrogens with two attached hydrogens (primary N) is 1. The molecule has 2 unspecified atom stereocenters. The largest absolute Gasteiger partial charge is 0.327 e. The number of hydrogen-bond acceptors (Lipinski definition) is 4. The van der Waals surface area contributed by atoms with Gasteiger partial charge >= 0.3 is 4.87 Å². The van der Waals surface area contributed by atoms with Crippen LogP contribution in [0.3, 0.4) is 0 Å². The van der Waals surface area contributed by atoms with Crippen molar-refractivity contribution >= 4 is 11.3 Å². The molecule has 0 saturated heterocycles. The van der Waals surface area contributed by atoms with E-state index in [4.69, 9.17) is 5.73 Å². The van der Waals surface area contributed by atoms with Gasteiger partial charge in [-0.1, -0.05) is 17.8 Å². The topological polar surface area (TPSA) is 70.9 Å². The summed E-state index contributed by atoms with van der Waals surface area (Å²) in [5, 5.41) is 5.21. The van der Waals surface area contributed by atoms with Crippen LogP contribution in [0.25, 0.3) is 0 Å². The third-order valence-electron chi connectivity index (χ3n) is 3.01. The summed E-state index contributed by atoms with van der Waals surface area (Å²) >= 11 is 1.21. The van der Waals surface area contributed by atoms with Gasteiger partial charge < -0.3 is 16.0 Å². The fourth-order valence-electron chi connectivity index (χ4n) is 2.11. The van der Waals surface area contributed by atoms with Gasteiger partial charge in [-0.25, -0.2) is 0 Å². The maximum Gasteiger partial charge on any atom is 0.304 e. The summed E-state index contributed by atoms with van der Waals surface area (Å²) in [5.41, 5.74) is 6.94. The zero-order valence-corrected chi connectivity index (χ0v) is 9.48. The zero-order chi connectivity index (χ0) is 10.7. The molecule has 2 atom stereocenters. The van der Waals surface area contributed by atoms with Crippen molar-refractivity contribution in [1.29, 1.82) is 0 Å². The van der Waals surface area contributed by atoms with Crippen LogP contribution >= 0.6 is 11.3 Å². The number of H-pyrrole nitrogens is 1. The highest BCUT2D eigenvalue weighted by Crippen LogP contribution is 2.22. The first-order valence-electron chi connectivity index (χ1n) is 5.38. The van der Waals surface area contributed by atoms with Crippen LogP contribution in [0.1, 0.15) is 25.0 Å². The van der Waals surface area contributed by atoms with Crippen molar-refractivity contribution < 1.29 is 0 Å². The van der Waals surface area contributed by atoms with Gasteiger partial charge in [0, 0.05) is 23.7 Å². The molecule has 1 saturated carbocycles. The number of rotatable bonds is 4. The molecule has 0 radical (unpaired) electrons. The summed E-state index contributed by atoms with van der Waals surface area (Å²) < 4.78 is 0. The molecule has 1 aliphatic carbocycles. The molecule has 4 N–H and O–H groups in total. The molecule has 4 nitrogen and oxygen atoms in total. The standard InChI is InChI=1S/C10H17N3OS/c11-9-3-1-2-7(9)4-12-5-8-6-15-10(14)13-8/h6-7,9,12H,1-5,11H2,(H,13,14). The molecule has 5 heteroatoms. The predicted molar refractivity (Wildman–Crippen MR) is 62.0 cm³/mol. The van der Waals surface area contributed by atoms with Crippen molar-refractivity contribution in [3.63, 3.8) is 0 Å². The van der Waals surface area contributed by atoms with E-state index < -0.39 is 0 Å². The van der Waals surface area contributed by atoms with Gasteiger partial charge in [-0.3, -0.25) is 4.79 Å². The van der Waals surface area contributed by atoms with E-state index in [1.807, 2.05) is 5.38 Å². The average molecular weight is 227 g/mol. The van der Waals surface area contributed by atoms with Crippen LogP contribution < -0.4 is 15.9 Å². The highest BCUT2D eigenvalue weighted by atomic mass is 32.1. The summed E-state index contributed by atoms with van der Waals surface area (Å²) in [6.07, 6.45) is 3.64. The van der Waals surface area contributed by atoms with Crippen molar-refractivity contribution in [3.8, 4) is 0 Å². The van der Waals surface area contributed by atoms with Crippen molar-refractivity contribution in [2.75, 3.05) is 6.54 Å². The lowest BCUT2D eigenvalue weighted by Gasteiger charge is -2.15. The van der Waals surface area contributed by atoms with E-state index in [2.05, 4.69) is 10.3 Å². The molecule has 2 rings (SSSR count). The average Bonchev–Trinajstić information content (AvgIpc) is 2.77. The molecule has 0 aliphatic heterocycles. The molecule has 0 aromatic carbocycles. The van der Waals surface area contributed by atoms with Crippen molar-refractivity contribution in [1.82, 2.24) is 10.3 Å². The Labute approximate surface area is 92.9 Å². The fraction of sp³-hybridized carbons (Fsp3) is 0.700. The third-order valence-corrected chi connectivity index (χ3v) is 3.73. The van der Waals surface area contributed by atoms with E-state index >= 15 is 0 Å². The molecule has 0 bridgehead atoms. The summed E-state index contributed by atoms with van der Waals surface area (Å²) in [6, 6.07) is 0.360. The van der Waals surface area contributed by atoms with Crippen LogP contribution in [0.5, 0.6) is 0 Å². The van der Waals surface area contributed by atoms with Crippen molar-refractivity contribution in [3.05, 3.63) is 20.7 Å². The Hall–Kier alpha value is -0.650. The van der Waals surface area contributed by atoms with E-state index in [1.54, 1.807) is 0 Å². The Morgan fingerprint density at radius 1 is 1.60 bits per heavy atom. The maximum atomic E-state index is 10.9. The van der Waals surface area contributed by atoms with Gasteiger partial charge in [-0.05, 0) is 25.3 Å². The van der Waals surface area contributed by atoms with Crippen LogP contribution in [-0.2, 0) is 6.54 Å². The van der Waals surface area contributed by atoms with Gasteiger partial charge in [0.25, 0.3) is 0 Å². The van der Waals surface area contributed by atoms with Gasteiger partial charge in [-0.2, -0.15) is 0 Å². The van der Waals surface area contributed by atoms with Gasteiger partial charge in [0.2, 0.25) is 0 Å². The van der Waals surface area contributed by atoms with Crippen molar-refractivity contribution in [2.24, 2.45) is 11.7 Å². The van der Waals surface area contributed by atoms with Gasteiger partial charge in [0.1, 0.15) is 0 Å². The normalized spacial score (nSPS) is 25.9. The number of aromatic nitrogens is 1. The second-order valence-electron chi connectivity index (χ2n) is 4.16. The number of hydrogen-bond donors (Lipinski definition) is 3. The predicted octanol–water partition coefficient (Wildman–Crippen LogP) is 0.653. The quantitative estimate of drug-likeness (QED) is 0.707. The lowest BCUT2D eigenvalue weighted by molar-refractivity contribution is 0.440. The van der Waals surface area contributed by atoms with Gasteiger partial charge in [0.15, 0.2) is 0 Å². The van der Waals surface area contributed by atoms with Crippen LogP contribution in [0.4, 0.5) is 0 Å². The minimum Gasteiger partial charge on any atom is -0.327 e. The molecule has 0 spiro atoms. The first-order valence-corrected chi connectivity index (χ1v) is 6.26. The summed E-state index contributed by atoms with van der Waals surface area (Å²) in [4.78, 5) is 13.7. The Kier molecular flexibility index (Phi) is 3.56. The maximum absolute atomic E-state index is 10.9. The summed E-state index contributed by atoms with van der Waals surface area (Å²) in [7, 11) is 0. The molecule has 1 aromatic rings. The van der Waals surface area contributed by atoms with Crippen molar-refractivity contribution in [2.45, 2.75) is 31.8 Å². The first-order chi connectivity index (χ1) is 7.25.